The van der Waals surface area contributed by atoms with Gasteiger partial charge in [-0.1, -0.05) is 30.3 Å². The average molecular weight is 229 g/mol. The second kappa shape index (κ2) is 4.55. The summed E-state index contributed by atoms with van der Waals surface area (Å²) in [4.78, 5) is 4.22. The lowest BCUT2D eigenvalue weighted by Crippen LogP contribution is -2.24. The summed E-state index contributed by atoms with van der Waals surface area (Å²) in [6.45, 7) is 1.72. The van der Waals surface area contributed by atoms with E-state index in [-0.39, 0.29) is 0 Å². The van der Waals surface area contributed by atoms with E-state index < -0.39 is 5.60 Å². The van der Waals surface area contributed by atoms with Gasteiger partial charge in [-0.05, 0) is 24.6 Å². The fourth-order valence-electron chi connectivity index (χ4n) is 1.82. The van der Waals surface area contributed by atoms with Gasteiger partial charge in [0.2, 0.25) is 0 Å². The number of hydrogen-bond acceptors (Lipinski definition) is 3. The van der Waals surface area contributed by atoms with E-state index in [9.17, 15) is 5.11 Å². The molecule has 1 atom stereocenters. The van der Waals surface area contributed by atoms with Crippen LogP contribution in [0.1, 0.15) is 18.2 Å². The summed E-state index contributed by atoms with van der Waals surface area (Å²) in [6, 6.07) is 13.0. The zero-order valence-electron chi connectivity index (χ0n) is 9.92. The molecule has 3 nitrogen and oxygen atoms in total. The minimum absolute atomic E-state index is 0.522. The molecule has 2 aromatic rings. The SMILES string of the molecule is COc1cccnc1C(C)(O)c1ccccc1. The summed E-state index contributed by atoms with van der Waals surface area (Å²) in [7, 11) is 1.57. The molecule has 0 aliphatic carbocycles. The highest BCUT2D eigenvalue weighted by molar-refractivity contribution is 5.39. The van der Waals surface area contributed by atoms with Crippen molar-refractivity contribution in [2.75, 3.05) is 7.11 Å². The van der Waals surface area contributed by atoms with E-state index >= 15 is 0 Å². The molecular weight excluding hydrogens is 214 g/mol. The molecule has 1 aromatic heterocycles. The first kappa shape index (κ1) is 11.6. The van der Waals surface area contributed by atoms with Crippen LogP contribution in [0.15, 0.2) is 48.7 Å². The van der Waals surface area contributed by atoms with Crippen LogP contribution in [0.5, 0.6) is 5.75 Å². The summed E-state index contributed by atoms with van der Waals surface area (Å²) in [5.74, 6) is 0.585. The molecule has 1 N–H and O–H groups in total. The highest BCUT2D eigenvalue weighted by Crippen LogP contribution is 2.33. The fourth-order valence-corrected chi connectivity index (χ4v) is 1.82. The highest BCUT2D eigenvalue weighted by atomic mass is 16.5. The minimum atomic E-state index is -1.16. The van der Waals surface area contributed by atoms with E-state index in [0.29, 0.717) is 11.4 Å². The molecule has 0 fully saturated rings. The van der Waals surface area contributed by atoms with Gasteiger partial charge in [0, 0.05) is 6.20 Å². The van der Waals surface area contributed by atoms with Gasteiger partial charge in [-0.15, -0.1) is 0 Å². The number of ether oxygens (including phenoxy) is 1. The largest absolute Gasteiger partial charge is 0.495 e. The van der Waals surface area contributed by atoms with Gasteiger partial charge >= 0.3 is 0 Å². The third-order valence-electron chi connectivity index (χ3n) is 2.79. The second-order valence-electron chi connectivity index (χ2n) is 3.99. The molecular formula is C14H15NO2. The number of nitrogens with zero attached hydrogens (tertiary/aromatic N) is 1. The highest BCUT2D eigenvalue weighted by Gasteiger charge is 2.30. The van der Waals surface area contributed by atoms with Gasteiger partial charge in [-0.2, -0.15) is 0 Å². The molecule has 88 valence electrons. The molecule has 17 heavy (non-hydrogen) atoms. The summed E-state index contributed by atoms with van der Waals surface area (Å²) in [5.41, 5.74) is 0.152. The zero-order chi connectivity index (χ0) is 12.3. The van der Waals surface area contributed by atoms with Crippen LogP contribution >= 0.6 is 0 Å². The van der Waals surface area contributed by atoms with Crippen molar-refractivity contribution in [2.24, 2.45) is 0 Å². The maximum atomic E-state index is 10.6. The molecule has 0 bridgehead atoms. The molecule has 1 aromatic carbocycles. The van der Waals surface area contributed by atoms with E-state index in [4.69, 9.17) is 4.74 Å². The predicted octanol–water partition coefficient (Wildman–Crippen LogP) is 2.35. The Morgan fingerprint density at radius 2 is 1.82 bits per heavy atom. The predicted molar refractivity (Wildman–Crippen MR) is 65.9 cm³/mol. The van der Waals surface area contributed by atoms with E-state index in [1.807, 2.05) is 30.3 Å². The first-order valence-corrected chi connectivity index (χ1v) is 5.43. The zero-order valence-corrected chi connectivity index (χ0v) is 9.92. The molecule has 1 unspecified atom stereocenters. The number of hydrogen-bond donors (Lipinski definition) is 1. The molecule has 0 aliphatic heterocycles. The van der Waals surface area contributed by atoms with Crippen LogP contribution in [0.25, 0.3) is 0 Å². The van der Waals surface area contributed by atoms with Crippen LogP contribution in [-0.4, -0.2) is 17.2 Å². The second-order valence-corrected chi connectivity index (χ2v) is 3.99. The monoisotopic (exact) mass is 229 g/mol. The van der Waals surface area contributed by atoms with Crippen LogP contribution in [0.2, 0.25) is 0 Å². The third-order valence-corrected chi connectivity index (χ3v) is 2.79. The molecule has 0 saturated heterocycles. The van der Waals surface area contributed by atoms with Gasteiger partial charge in [0.05, 0.1) is 7.11 Å². The molecule has 0 spiro atoms. The molecule has 0 saturated carbocycles. The quantitative estimate of drug-likeness (QED) is 0.878. The van der Waals surface area contributed by atoms with E-state index in [1.54, 1.807) is 32.4 Å². The van der Waals surface area contributed by atoms with Crippen molar-refractivity contribution in [3.63, 3.8) is 0 Å². The van der Waals surface area contributed by atoms with Gasteiger partial charge in [0.15, 0.2) is 0 Å². The molecule has 0 radical (unpaired) electrons. The molecule has 3 heteroatoms. The fraction of sp³-hybridized carbons (Fsp3) is 0.214. The van der Waals surface area contributed by atoms with Crippen LogP contribution in [0, 0.1) is 0 Å². The molecule has 0 amide bonds. The number of benzene rings is 1. The standard InChI is InChI=1S/C14H15NO2/c1-14(16,11-7-4-3-5-8-11)13-12(17-2)9-6-10-15-13/h3-10,16H,1-2H3. The number of methoxy groups -OCH3 is 1. The molecule has 2 rings (SSSR count). The van der Waals surface area contributed by atoms with Crippen LogP contribution < -0.4 is 4.74 Å². The minimum Gasteiger partial charge on any atom is -0.495 e. The van der Waals surface area contributed by atoms with Crippen molar-refractivity contribution in [1.82, 2.24) is 4.98 Å². The van der Waals surface area contributed by atoms with Crippen LogP contribution in [0.3, 0.4) is 0 Å². The summed E-state index contributed by atoms with van der Waals surface area (Å²) in [6.07, 6.45) is 1.65. The van der Waals surface area contributed by atoms with E-state index in [1.165, 1.54) is 0 Å². The van der Waals surface area contributed by atoms with Crippen molar-refractivity contribution >= 4 is 0 Å². The number of aromatic nitrogens is 1. The lowest BCUT2D eigenvalue weighted by atomic mass is 9.91. The Hall–Kier alpha value is -1.87. The van der Waals surface area contributed by atoms with Gasteiger partial charge in [-0.3, -0.25) is 4.98 Å². The Bertz CT molecular complexity index is 495. The van der Waals surface area contributed by atoms with Crippen molar-refractivity contribution in [1.29, 1.82) is 0 Å². The Morgan fingerprint density at radius 3 is 2.47 bits per heavy atom. The number of rotatable bonds is 3. The lowest BCUT2D eigenvalue weighted by molar-refractivity contribution is 0.0939. The Kier molecular flexibility index (Phi) is 3.11. The van der Waals surface area contributed by atoms with Crippen LogP contribution in [0.4, 0.5) is 0 Å². The number of aliphatic hydroxyl groups is 1. The van der Waals surface area contributed by atoms with Crippen molar-refractivity contribution in [3.05, 3.63) is 59.9 Å². The maximum Gasteiger partial charge on any atom is 0.143 e. The summed E-state index contributed by atoms with van der Waals surface area (Å²) >= 11 is 0. The van der Waals surface area contributed by atoms with Gasteiger partial charge in [0.1, 0.15) is 17.0 Å². The Labute approximate surface area is 101 Å². The first-order chi connectivity index (χ1) is 8.16. The number of pyridine rings is 1. The van der Waals surface area contributed by atoms with E-state index in [0.717, 1.165) is 5.56 Å². The van der Waals surface area contributed by atoms with Crippen molar-refractivity contribution < 1.29 is 9.84 Å². The normalized spacial score (nSPS) is 14.1. The summed E-state index contributed by atoms with van der Waals surface area (Å²) < 4.78 is 5.23. The van der Waals surface area contributed by atoms with Crippen LogP contribution in [-0.2, 0) is 5.60 Å². The maximum absolute atomic E-state index is 10.6. The van der Waals surface area contributed by atoms with Crippen molar-refractivity contribution in [3.8, 4) is 5.75 Å². The molecule has 1 heterocycles. The Morgan fingerprint density at radius 1 is 1.12 bits per heavy atom. The van der Waals surface area contributed by atoms with Gasteiger partial charge in [-0.25, -0.2) is 0 Å². The third kappa shape index (κ3) is 2.15. The Balaban J connectivity index is 2.51. The van der Waals surface area contributed by atoms with Gasteiger partial charge in [0.25, 0.3) is 0 Å². The first-order valence-electron chi connectivity index (χ1n) is 5.43. The topological polar surface area (TPSA) is 42.4 Å². The van der Waals surface area contributed by atoms with Crippen molar-refractivity contribution in [2.45, 2.75) is 12.5 Å². The summed E-state index contributed by atoms with van der Waals surface area (Å²) in [5, 5.41) is 10.6. The average Bonchev–Trinajstić information content (AvgIpc) is 2.39. The van der Waals surface area contributed by atoms with Gasteiger partial charge < -0.3 is 9.84 Å². The lowest BCUT2D eigenvalue weighted by Gasteiger charge is -2.24. The molecule has 0 aliphatic rings. The van der Waals surface area contributed by atoms with E-state index in [2.05, 4.69) is 4.98 Å². The smallest absolute Gasteiger partial charge is 0.143 e.